The molecule has 1 aliphatic heterocycles. The zero-order chi connectivity index (χ0) is 19.3. The van der Waals surface area contributed by atoms with E-state index < -0.39 is 5.51 Å². The molecule has 0 unspecified atom stereocenters. The van der Waals surface area contributed by atoms with Crippen molar-refractivity contribution < 1.29 is 18.0 Å². The minimum absolute atomic E-state index is 0.0771. The van der Waals surface area contributed by atoms with Crippen LogP contribution < -0.4 is 5.32 Å². The van der Waals surface area contributed by atoms with Gasteiger partial charge in [0.25, 0.3) is 5.91 Å². The number of nitrogens with zero attached hydrogens (tertiary/aromatic N) is 1. The van der Waals surface area contributed by atoms with Gasteiger partial charge in [-0.15, -0.1) is 0 Å². The first-order valence-electron chi connectivity index (χ1n) is 8.82. The first-order valence-corrected chi connectivity index (χ1v) is 9.64. The highest BCUT2D eigenvalue weighted by molar-refractivity contribution is 8.00. The van der Waals surface area contributed by atoms with Crippen molar-refractivity contribution in [3.63, 3.8) is 0 Å². The highest BCUT2D eigenvalue weighted by Crippen LogP contribution is 2.36. The molecule has 1 N–H and O–H groups in total. The third-order valence-electron chi connectivity index (χ3n) is 4.52. The fraction of sp³-hybridized carbons (Fsp3) is 0.350. The van der Waals surface area contributed by atoms with E-state index in [-0.39, 0.29) is 28.6 Å². The monoisotopic (exact) mass is 394 g/mol. The quantitative estimate of drug-likeness (QED) is 0.747. The van der Waals surface area contributed by atoms with Gasteiger partial charge in [0, 0.05) is 36.1 Å². The first-order chi connectivity index (χ1) is 12.9. The van der Waals surface area contributed by atoms with Gasteiger partial charge in [0.05, 0.1) is 0 Å². The van der Waals surface area contributed by atoms with Crippen molar-refractivity contribution >= 4 is 17.7 Å². The van der Waals surface area contributed by atoms with Crippen LogP contribution in [0.4, 0.5) is 13.2 Å². The Morgan fingerprint density at radius 3 is 2.26 bits per heavy atom. The van der Waals surface area contributed by atoms with Crippen LogP contribution in [0.25, 0.3) is 0 Å². The molecule has 0 saturated carbocycles. The van der Waals surface area contributed by atoms with Crippen LogP contribution >= 0.6 is 11.8 Å². The van der Waals surface area contributed by atoms with Gasteiger partial charge < -0.3 is 5.32 Å². The lowest BCUT2D eigenvalue weighted by Crippen LogP contribution is -2.44. The second-order valence-electron chi connectivity index (χ2n) is 6.58. The molecule has 3 nitrogen and oxygen atoms in total. The first kappa shape index (κ1) is 19.8. The second kappa shape index (κ2) is 8.80. The number of benzene rings is 2. The van der Waals surface area contributed by atoms with Gasteiger partial charge in [-0.3, -0.25) is 9.69 Å². The molecule has 2 aromatic carbocycles. The van der Waals surface area contributed by atoms with E-state index in [0.717, 1.165) is 32.5 Å². The zero-order valence-corrected chi connectivity index (χ0v) is 15.5. The molecule has 27 heavy (non-hydrogen) atoms. The van der Waals surface area contributed by atoms with Gasteiger partial charge in [-0.2, -0.15) is 13.2 Å². The van der Waals surface area contributed by atoms with Crippen LogP contribution in [0.1, 0.15) is 28.8 Å². The smallest absolute Gasteiger partial charge is 0.349 e. The Morgan fingerprint density at radius 1 is 1.04 bits per heavy atom. The molecule has 1 aliphatic rings. The van der Waals surface area contributed by atoms with E-state index in [0.29, 0.717) is 5.56 Å². The van der Waals surface area contributed by atoms with Gasteiger partial charge >= 0.3 is 5.51 Å². The van der Waals surface area contributed by atoms with E-state index in [1.54, 1.807) is 0 Å². The molecule has 0 bridgehead atoms. The standard InChI is InChI=1S/C20H21F3N2OS/c21-20(22,23)27-18-8-6-16(7-9-18)19(26)24-17-10-12-25(13-11-17)14-15-4-2-1-3-5-15/h1-9,17H,10-14H2,(H,24,26). The van der Waals surface area contributed by atoms with E-state index in [1.807, 2.05) is 18.2 Å². The second-order valence-corrected chi connectivity index (χ2v) is 7.72. The predicted octanol–water partition coefficient (Wildman–Crippen LogP) is 4.69. The van der Waals surface area contributed by atoms with Crippen LogP contribution in [-0.4, -0.2) is 35.4 Å². The molecular formula is C20H21F3N2OS. The number of rotatable bonds is 5. The van der Waals surface area contributed by atoms with Crippen molar-refractivity contribution in [2.45, 2.75) is 35.8 Å². The van der Waals surface area contributed by atoms with Crippen molar-refractivity contribution in [1.29, 1.82) is 0 Å². The lowest BCUT2D eigenvalue weighted by atomic mass is 10.0. The molecule has 0 aliphatic carbocycles. The Kier molecular flexibility index (Phi) is 6.44. The van der Waals surface area contributed by atoms with E-state index in [4.69, 9.17) is 0 Å². The Labute approximate surface area is 160 Å². The molecule has 2 aromatic rings. The number of halogens is 3. The minimum Gasteiger partial charge on any atom is -0.349 e. The number of nitrogens with one attached hydrogen (secondary N) is 1. The fourth-order valence-electron chi connectivity index (χ4n) is 3.15. The maximum Gasteiger partial charge on any atom is 0.446 e. The number of hydrogen-bond donors (Lipinski definition) is 1. The fourth-order valence-corrected chi connectivity index (χ4v) is 3.69. The van der Waals surface area contributed by atoms with Crippen molar-refractivity contribution in [2.75, 3.05) is 13.1 Å². The van der Waals surface area contributed by atoms with Crippen molar-refractivity contribution in [3.8, 4) is 0 Å². The Bertz CT molecular complexity index is 742. The SMILES string of the molecule is O=C(NC1CCN(Cc2ccccc2)CC1)c1ccc(SC(F)(F)F)cc1. The minimum atomic E-state index is -4.32. The molecule has 0 radical (unpaired) electrons. The molecule has 7 heteroatoms. The number of thioether (sulfide) groups is 1. The molecule has 0 atom stereocenters. The highest BCUT2D eigenvalue weighted by atomic mass is 32.2. The normalized spacial score (nSPS) is 16.3. The number of hydrogen-bond acceptors (Lipinski definition) is 3. The lowest BCUT2D eigenvalue weighted by molar-refractivity contribution is -0.0328. The summed E-state index contributed by atoms with van der Waals surface area (Å²) in [5.41, 5.74) is -2.66. The van der Waals surface area contributed by atoms with E-state index in [9.17, 15) is 18.0 Å². The summed E-state index contributed by atoms with van der Waals surface area (Å²) >= 11 is -0.180. The van der Waals surface area contributed by atoms with Gasteiger partial charge in [0.1, 0.15) is 0 Å². The number of alkyl halides is 3. The van der Waals surface area contributed by atoms with E-state index >= 15 is 0 Å². The Morgan fingerprint density at radius 2 is 1.67 bits per heavy atom. The Balaban J connectivity index is 1.46. The Hall–Kier alpha value is -1.99. The van der Waals surface area contributed by atoms with Crippen LogP contribution in [0.15, 0.2) is 59.5 Å². The number of piperidine rings is 1. The van der Waals surface area contributed by atoms with Gasteiger partial charge in [0.2, 0.25) is 0 Å². The summed E-state index contributed by atoms with van der Waals surface area (Å²) in [6.45, 7) is 2.71. The van der Waals surface area contributed by atoms with E-state index in [1.165, 1.54) is 29.8 Å². The molecular weight excluding hydrogens is 373 g/mol. The van der Waals surface area contributed by atoms with Gasteiger partial charge in [-0.25, -0.2) is 0 Å². The number of carbonyl (C=O) groups excluding carboxylic acids is 1. The van der Waals surface area contributed by atoms with Crippen molar-refractivity contribution in [2.24, 2.45) is 0 Å². The van der Waals surface area contributed by atoms with Crippen molar-refractivity contribution in [1.82, 2.24) is 10.2 Å². The molecule has 1 saturated heterocycles. The van der Waals surface area contributed by atoms with Gasteiger partial charge in [-0.1, -0.05) is 30.3 Å². The largest absolute Gasteiger partial charge is 0.446 e. The average molecular weight is 394 g/mol. The summed E-state index contributed by atoms with van der Waals surface area (Å²) in [5.74, 6) is -0.236. The summed E-state index contributed by atoms with van der Waals surface area (Å²) in [4.78, 5) is 14.8. The van der Waals surface area contributed by atoms with Gasteiger partial charge in [0.15, 0.2) is 0 Å². The maximum absolute atomic E-state index is 12.4. The molecule has 0 aromatic heterocycles. The summed E-state index contributed by atoms with van der Waals surface area (Å²) < 4.78 is 37.1. The van der Waals surface area contributed by atoms with Crippen LogP contribution in [0, 0.1) is 0 Å². The summed E-state index contributed by atoms with van der Waals surface area (Å²) in [6.07, 6.45) is 1.72. The van der Waals surface area contributed by atoms with Crippen LogP contribution in [-0.2, 0) is 6.54 Å². The number of carbonyl (C=O) groups is 1. The van der Waals surface area contributed by atoms with Crippen molar-refractivity contribution in [3.05, 3.63) is 65.7 Å². The van der Waals surface area contributed by atoms with E-state index in [2.05, 4.69) is 22.3 Å². The lowest BCUT2D eigenvalue weighted by Gasteiger charge is -2.32. The molecule has 1 amide bonds. The van der Waals surface area contributed by atoms with Crippen LogP contribution in [0.5, 0.6) is 0 Å². The van der Waals surface area contributed by atoms with Crippen LogP contribution in [0.3, 0.4) is 0 Å². The maximum atomic E-state index is 12.4. The predicted molar refractivity (Wildman–Crippen MR) is 101 cm³/mol. The molecule has 0 spiro atoms. The van der Waals surface area contributed by atoms with Gasteiger partial charge in [-0.05, 0) is 54.4 Å². The zero-order valence-electron chi connectivity index (χ0n) is 14.7. The van der Waals surface area contributed by atoms with Crippen LogP contribution in [0.2, 0.25) is 0 Å². The third kappa shape index (κ3) is 6.29. The topological polar surface area (TPSA) is 32.3 Å². The summed E-state index contributed by atoms with van der Waals surface area (Å²) in [7, 11) is 0. The molecule has 1 heterocycles. The number of amides is 1. The molecule has 144 valence electrons. The summed E-state index contributed by atoms with van der Waals surface area (Å²) in [5, 5.41) is 2.99. The summed E-state index contributed by atoms with van der Waals surface area (Å²) in [6, 6.07) is 15.9. The number of likely N-dealkylation sites (tertiary alicyclic amines) is 1. The average Bonchev–Trinajstić information content (AvgIpc) is 2.63. The molecule has 1 fully saturated rings. The highest BCUT2D eigenvalue weighted by Gasteiger charge is 2.29. The third-order valence-corrected chi connectivity index (χ3v) is 5.26. The molecule has 3 rings (SSSR count).